The number of imide groups is 1. The number of primary amides is 1. The molecule has 1 rings (SSSR count). The van der Waals surface area contributed by atoms with Gasteiger partial charge in [0.2, 0.25) is 11.1 Å². The van der Waals surface area contributed by atoms with Crippen molar-refractivity contribution in [3.63, 3.8) is 0 Å². The fraction of sp³-hybridized carbons (Fsp3) is 0.727. The van der Waals surface area contributed by atoms with E-state index in [-0.39, 0.29) is 11.5 Å². The Labute approximate surface area is 121 Å². The monoisotopic (exact) mass is 300 g/mol. The normalized spacial score (nSPS) is 13.3. The van der Waals surface area contributed by atoms with Crippen LogP contribution in [0.3, 0.4) is 0 Å². The third-order valence-electron chi connectivity index (χ3n) is 2.42. The Kier molecular flexibility index (Phi) is 5.09. The maximum absolute atomic E-state index is 12.0. The van der Waals surface area contributed by atoms with Crippen molar-refractivity contribution in [2.24, 2.45) is 11.7 Å². The average molecular weight is 300 g/mol. The van der Waals surface area contributed by atoms with Crippen LogP contribution in [0.5, 0.6) is 0 Å². The molecule has 1 aromatic heterocycles. The minimum Gasteiger partial charge on any atom is -0.351 e. The van der Waals surface area contributed by atoms with Gasteiger partial charge in [-0.25, -0.2) is 9.48 Å². The third kappa shape index (κ3) is 4.19. The zero-order valence-electron chi connectivity index (χ0n) is 12.2. The van der Waals surface area contributed by atoms with Gasteiger partial charge in [0, 0.05) is 0 Å². The first kappa shape index (κ1) is 16.4. The number of rotatable bonds is 4. The summed E-state index contributed by atoms with van der Waals surface area (Å²) in [7, 11) is 0. The molecule has 0 saturated carbocycles. The summed E-state index contributed by atoms with van der Waals surface area (Å²) in [6.45, 7) is 9.64. The highest BCUT2D eigenvalue weighted by molar-refractivity contribution is 8.00. The number of nitrogens with one attached hydrogen (secondary N) is 1. The van der Waals surface area contributed by atoms with Gasteiger partial charge in [-0.15, -0.1) is 5.10 Å². The zero-order valence-corrected chi connectivity index (χ0v) is 13.1. The Balaban J connectivity index is 2.95. The highest BCUT2D eigenvalue weighted by Crippen LogP contribution is 2.29. The molecule has 1 aromatic rings. The molecule has 0 unspecified atom stereocenters. The predicted octanol–water partition coefficient (Wildman–Crippen LogP) is 0.740. The number of aromatic nitrogens is 4. The average Bonchev–Trinajstić information content (AvgIpc) is 2.71. The van der Waals surface area contributed by atoms with Crippen LogP contribution < -0.4 is 11.1 Å². The first-order valence-corrected chi connectivity index (χ1v) is 7.06. The molecule has 9 heteroatoms. The van der Waals surface area contributed by atoms with E-state index in [0.29, 0.717) is 5.16 Å². The largest absolute Gasteiger partial charge is 0.351 e. The van der Waals surface area contributed by atoms with Crippen molar-refractivity contribution in [3.05, 3.63) is 0 Å². The second kappa shape index (κ2) is 6.21. The number of tetrazole rings is 1. The molecule has 0 aliphatic carbocycles. The van der Waals surface area contributed by atoms with Crippen molar-refractivity contribution >= 4 is 23.7 Å². The molecule has 0 radical (unpaired) electrons. The number of hydrogen-bond donors (Lipinski definition) is 2. The summed E-state index contributed by atoms with van der Waals surface area (Å²) in [5, 5.41) is 13.6. The van der Waals surface area contributed by atoms with Gasteiger partial charge in [-0.1, -0.05) is 25.6 Å². The molecule has 1 atom stereocenters. The molecule has 0 bridgehead atoms. The van der Waals surface area contributed by atoms with E-state index in [4.69, 9.17) is 5.73 Å². The molecule has 0 fully saturated rings. The van der Waals surface area contributed by atoms with Crippen molar-refractivity contribution < 1.29 is 9.59 Å². The summed E-state index contributed by atoms with van der Waals surface area (Å²) in [5.41, 5.74) is 4.68. The number of amides is 3. The molecular weight excluding hydrogens is 280 g/mol. The number of nitrogens with two attached hydrogens (primary N) is 1. The van der Waals surface area contributed by atoms with Gasteiger partial charge in [0.25, 0.3) is 0 Å². The molecule has 1 heterocycles. The lowest BCUT2D eigenvalue weighted by Gasteiger charge is -2.22. The molecule has 0 spiro atoms. The van der Waals surface area contributed by atoms with Gasteiger partial charge in [-0.05, 0) is 37.1 Å². The summed E-state index contributed by atoms with van der Waals surface area (Å²) >= 11 is 1.21. The molecule has 20 heavy (non-hydrogen) atoms. The van der Waals surface area contributed by atoms with Crippen LogP contribution in [0.2, 0.25) is 0 Å². The maximum Gasteiger partial charge on any atom is 0.318 e. The second-order valence-electron chi connectivity index (χ2n) is 5.68. The van der Waals surface area contributed by atoms with Gasteiger partial charge >= 0.3 is 6.03 Å². The van der Waals surface area contributed by atoms with Crippen LogP contribution in [0.25, 0.3) is 0 Å². The number of hydrogen-bond acceptors (Lipinski definition) is 6. The van der Waals surface area contributed by atoms with Crippen molar-refractivity contribution in [2.75, 3.05) is 0 Å². The second-order valence-corrected chi connectivity index (χ2v) is 6.79. The Morgan fingerprint density at radius 3 is 2.40 bits per heavy atom. The van der Waals surface area contributed by atoms with Gasteiger partial charge in [-0.3, -0.25) is 10.1 Å². The number of urea groups is 1. The van der Waals surface area contributed by atoms with Gasteiger partial charge in [0.05, 0.1) is 10.8 Å². The maximum atomic E-state index is 12.0. The lowest BCUT2D eigenvalue weighted by atomic mass is 10.1. The summed E-state index contributed by atoms with van der Waals surface area (Å²) in [4.78, 5) is 22.8. The fourth-order valence-corrected chi connectivity index (χ4v) is 2.63. The summed E-state index contributed by atoms with van der Waals surface area (Å²) < 4.78 is 1.64. The molecule has 112 valence electrons. The van der Waals surface area contributed by atoms with Crippen LogP contribution in [0.1, 0.15) is 34.6 Å². The van der Waals surface area contributed by atoms with Gasteiger partial charge in [0.1, 0.15) is 0 Å². The van der Waals surface area contributed by atoms with Crippen LogP contribution in [0.15, 0.2) is 5.16 Å². The highest BCUT2D eigenvalue weighted by atomic mass is 32.2. The Hall–Kier alpha value is -1.64. The lowest BCUT2D eigenvalue weighted by molar-refractivity contribution is -0.120. The van der Waals surface area contributed by atoms with Crippen LogP contribution in [0, 0.1) is 5.92 Å². The quantitative estimate of drug-likeness (QED) is 0.792. The van der Waals surface area contributed by atoms with E-state index >= 15 is 0 Å². The lowest BCUT2D eigenvalue weighted by Crippen LogP contribution is -2.42. The van der Waals surface area contributed by atoms with Crippen molar-refractivity contribution in [2.45, 2.75) is 50.6 Å². The van der Waals surface area contributed by atoms with Gasteiger partial charge in [0.15, 0.2) is 0 Å². The molecule has 0 saturated heterocycles. The standard InChI is InChI=1S/C11H20N6O2S/c1-6(2)7(8(18)13-9(12)19)20-10-14-15-16-17(10)11(3,4)5/h6-7H,1-5H3,(H3,12,13,18,19)/t7-/m1/s1. The molecule has 0 aromatic carbocycles. The zero-order chi connectivity index (χ0) is 15.5. The van der Waals surface area contributed by atoms with Crippen LogP contribution in [-0.2, 0) is 10.3 Å². The van der Waals surface area contributed by atoms with E-state index < -0.39 is 17.2 Å². The number of carbonyl (C=O) groups is 2. The van der Waals surface area contributed by atoms with Gasteiger partial charge < -0.3 is 5.73 Å². The van der Waals surface area contributed by atoms with Crippen LogP contribution in [-0.4, -0.2) is 37.4 Å². The Morgan fingerprint density at radius 2 is 1.95 bits per heavy atom. The van der Waals surface area contributed by atoms with Crippen molar-refractivity contribution in [1.29, 1.82) is 0 Å². The van der Waals surface area contributed by atoms with E-state index in [0.717, 1.165) is 0 Å². The third-order valence-corrected chi connectivity index (χ3v) is 3.90. The smallest absolute Gasteiger partial charge is 0.318 e. The first-order chi connectivity index (χ1) is 9.12. The van der Waals surface area contributed by atoms with E-state index in [9.17, 15) is 9.59 Å². The Bertz CT molecular complexity index is 493. The van der Waals surface area contributed by atoms with E-state index in [1.54, 1.807) is 4.68 Å². The van der Waals surface area contributed by atoms with Crippen molar-refractivity contribution in [1.82, 2.24) is 25.5 Å². The predicted molar refractivity (Wildman–Crippen MR) is 75.0 cm³/mol. The molecule has 0 aliphatic heterocycles. The molecular formula is C11H20N6O2S. The van der Waals surface area contributed by atoms with Gasteiger partial charge in [-0.2, -0.15) is 0 Å². The van der Waals surface area contributed by atoms with Crippen LogP contribution in [0.4, 0.5) is 4.79 Å². The SMILES string of the molecule is CC(C)[C@@H](Sc1nnnn1C(C)(C)C)C(=O)NC(N)=O. The highest BCUT2D eigenvalue weighted by Gasteiger charge is 2.29. The fourth-order valence-electron chi connectivity index (χ4n) is 1.47. The number of thioether (sulfide) groups is 1. The number of carbonyl (C=O) groups excluding carboxylic acids is 2. The minimum atomic E-state index is -0.864. The Morgan fingerprint density at radius 1 is 1.35 bits per heavy atom. The van der Waals surface area contributed by atoms with Crippen LogP contribution >= 0.6 is 11.8 Å². The minimum absolute atomic E-state index is 0.00975. The summed E-state index contributed by atoms with van der Waals surface area (Å²) in [6, 6.07) is -0.864. The summed E-state index contributed by atoms with van der Waals surface area (Å²) in [5.74, 6) is -0.453. The summed E-state index contributed by atoms with van der Waals surface area (Å²) in [6.07, 6.45) is 0. The van der Waals surface area contributed by atoms with E-state index in [2.05, 4.69) is 20.8 Å². The van der Waals surface area contributed by atoms with Crippen molar-refractivity contribution in [3.8, 4) is 0 Å². The van der Waals surface area contributed by atoms with E-state index in [1.165, 1.54) is 11.8 Å². The number of nitrogens with zero attached hydrogens (tertiary/aromatic N) is 4. The molecule has 0 aliphatic rings. The topological polar surface area (TPSA) is 116 Å². The molecule has 3 amide bonds. The first-order valence-electron chi connectivity index (χ1n) is 6.18. The van der Waals surface area contributed by atoms with E-state index in [1.807, 2.05) is 34.6 Å². The molecule has 3 N–H and O–H groups in total. The molecule has 8 nitrogen and oxygen atoms in total.